The van der Waals surface area contributed by atoms with Crippen molar-refractivity contribution in [3.63, 3.8) is 0 Å². The summed E-state index contributed by atoms with van der Waals surface area (Å²) in [7, 11) is 2.09. The molecule has 0 aliphatic carbocycles. The largest absolute Gasteiger partial charge is 0.459 e. The summed E-state index contributed by atoms with van der Waals surface area (Å²) in [5.41, 5.74) is 0.835. The molecule has 29 heavy (non-hydrogen) atoms. The Kier molecular flexibility index (Phi) is 6.33. The first-order valence-corrected chi connectivity index (χ1v) is 9.87. The summed E-state index contributed by atoms with van der Waals surface area (Å²) < 4.78 is 11.4. The van der Waals surface area contributed by atoms with E-state index < -0.39 is 18.0 Å². The molecule has 3 unspecified atom stereocenters. The van der Waals surface area contributed by atoms with Crippen LogP contribution in [0.15, 0.2) is 54.9 Å². The zero-order valence-electron chi connectivity index (χ0n) is 17.4. The van der Waals surface area contributed by atoms with Gasteiger partial charge in [-0.05, 0) is 46.4 Å². The summed E-state index contributed by atoms with van der Waals surface area (Å²) in [4.78, 5) is 31.8. The quantitative estimate of drug-likeness (QED) is 0.717. The van der Waals surface area contributed by atoms with Gasteiger partial charge in [-0.2, -0.15) is 0 Å². The maximum Gasteiger partial charge on any atom is 0.352 e. The summed E-state index contributed by atoms with van der Waals surface area (Å²) in [6.07, 6.45) is 3.14. The van der Waals surface area contributed by atoms with Crippen LogP contribution in [0.2, 0.25) is 0 Å². The maximum absolute atomic E-state index is 13.1. The monoisotopic (exact) mass is 396 g/mol. The van der Waals surface area contributed by atoms with Gasteiger partial charge < -0.3 is 9.47 Å². The minimum Gasteiger partial charge on any atom is -0.459 e. The summed E-state index contributed by atoms with van der Waals surface area (Å²) in [5, 5.41) is 0. The lowest BCUT2D eigenvalue weighted by Crippen LogP contribution is -2.54. The molecule has 3 rings (SSSR count). The average molecular weight is 396 g/mol. The number of pyridine rings is 1. The van der Waals surface area contributed by atoms with Gasteiger partial charge in [0.05, 0.1) is 5.56 Å². The highest BCUT2D eigenvalue weighted by molar-refractivity contribution is 5.91. The van der Waals surface area contributed by atoms with Gasteiger partial charge in [-0.1, -0.05) is 30.3 Å². The van der Waals surface area contributed by atoms with E-state index in [1.807, 2.05) is 6.07 Å². The van der Waals surface area contributed by atoms with E-state index in [0.717, 1.165) is 12.8 Å². The van der Waals surface area contributed by atoms with Gasteiger partial charge in [0.1, 0.15) is 6.10 Å². The van der Waals surface area contributed by atoms with Crippen LogP contribution in [0, 0.1) is 0 Å². The fraction of sp³-hybridized carbons (Fsp3) is 0.435. The van der Waals surface area contributed by atoms with Crippen molar-refractivity contribution in [2.75, 3.05) is 7.05 Å². The van der Waals surface area contributed by atoms with Crippen molar-refractivity contribution < 1.29 is 19.1 Å². The van der Waals surface area contributed by atoms with Gasteiger partial charge in [-0.15, -0.1) is 0 Å². The lowest BCUT2D eigenvalue weighted by Gasteiger charge is -2.47. The number of nitrogens with zero attached hydrogens (tertiary/aromatic N) is 2. The molecule has 154 valence electrons. The lowest BCUT2D eigenvalue weighted by molar-refractivity contribution is -0.166. The smallest absolute Gasteiger partial charge is 0.352 e. The molecule has 3 atom stereocenters. The predicted molar refractivity (Wildman–Crippen MR) is 109 cm³/mol. The molecule has 6 heteroatoms. The van der Waals surface area contributed by atoms with E-state index >= 15 is 0 Å². The van der Waals surface area contributed by atoms with Crippen molar-refractivity contribution in [2.24, 2.45) is 0 Å². The summed E-state index contributed by atoms with van der Waals surface area (Å²) in [5.74, 6) is -1.13. The number of likely N-dealkylation sites (tertiary alicyclic amines) is 1. The van der Waals surface area contributed by atoms with E-state index in [0.29, 0.717) is 11.1 Å². The molecule has 1 fully saturated rings. The first-order chi connectivity index (χ1) is 13.8. The number of piperidine rings is 1. The zero-order chi connectivity index (χ0) is 21.0. The highest BCUT2D eigenvalue weighted by Gasteiger charge is 2.39. The number of benzene rings is 1. The van der Waals surface area contributed by atoms with Crippen molar-refractivity contribution in [1.29, 1.82) is 0 Å². The first-order valence-electron chi connectivity index (χ1n) is 9.87. The number of hydrogen-bond acceptors (Lipinski definition) is 6. The third-order valence-electron chi connectivity index (χ3n) is 5.69. The molecule has 6 nitrogen and oxygen atoms in total. The molecule has 1 aliphatic rings. The average Bonchev–Trinajstić information content (AvgIpc) is 2.71. The number of carbonyl (C=O) groups excluding carboxylic acids is 2. The van der Waals surface area contributed by atoms with Gasteiger partial charge in [-0.25, -0.2) is 9.59 Å². The third kappa shape index (κ3) is 5.01. The zero-order valence-corrected chi connectivity index (χ0v) is 17.4. The van der Waals surface area contributed by atoms with E-state index in [2.05, 4.69) is 37.7 Å². The Morgan fingerprint density at radius 1 is 1.14 bits per heavy atom. The van der Waals surface area contributed by atoms with Crippen LogP contribution in [0.5, 0.6) is 0 Å². The van der Waals surface area contributed by atoms with Crippen LogP contribution in [0.1, 0.15) is 55.6 Å². The van der Waals surface area contributed by atoms with Crippen molar-refractivity contribution in [3.05, 3.63) is 66.0 Å². The number of ether oxygens (including phenoxy) is 2. The number of rotatable bonds is 5. The molecular weight excluding hydrogens is 368 g/mol. The number of hydrogen-bond donors (Lipinski definition) is 0. The molecule has 1 aromatic carbocycles. The van der Waals surface area contributed by atoms with Crippen molar-refractivity contribution in [2.45, 2.75) is 57.4 Å². The maximum atomic E-state index is 13.1. The Balaban J connectivity index is 1.77. The van der Waals surface area contributed by atoms with Crippen molar-refractivity contribution in [1.82, 2.24) is 9.88 Å². The molecule has 1 aromatic heterocycles. The second-order valence-electron chi connectivity index (χ2n) is 8.20. The normalized spacial score (nSPS) is 22.5. The second kappa shape index (κ2) is 8.74. The Hall–Kier alpha value is -2.73. The minimum absolute atomic E-state index is 0.0847. The van der Waals surface area contributed by atoms with E-state index in [9.17, 15) is 9.59 Å². The van der Waals surface area contributed by atoms with E-state index in [4.69, 9.17) is 9.47 Å². The van der Waals surface area contributed by atoms with Crippen molar-refractivity contribution in [3.8, 4) is 0 Å². The lowest BCUT2D eigenvalue weighted by atomic mass is 9.85. The van der Waals surface area contributed by atoms with Crippen LogP contribution in [0.25, 0.3) is 0 Å². The standard InChI is InChI=1S/C23H28N2O4/c1-16-14-19(15-23(2,3)25(16)4)28-22(27)20(17-8-6-5-7-9-17)29-21(26)18-10-12-24-13-11-18/h5-13,16,19-20H,14-15H2,1-4H3. The summed E-state index contributed by atoms with van der Waals surface area (Å²) in [6, 6.07) is 12.4. The van der Waals surface area contributed by atoms with Gasteiger partial charge in [0.15, 0.2) is 0 Å². The molecule has 0 bridgehead atoms. The Labute approximate surface area is 171 Å². The van der Waals surface area contributed by atoms with E-state index in [-0.39, 0.29) is 17.7 Å². The van der Waals surface area contributed by atoms with Gasteiger partial charge in [0, 0.05) is 36.0 Å². The third-order valence-corrected chi connectivity index (χ3v) is 5.69. The van der Waals surface area contributed by atoms with Crippen LogP contribution in [0.4, 0.5) is 0 Å². The molecular formula is C23H28N2O4. The molecule has 0 N–H and O–H groups in total. The molecule has 2 aromatic rings. The van der Waals surface area contributed by atoms with E-state index in [1.54, 1.807) is 36.4 Å². The summed E-state index contributed by atoms with van der Waals surface area (Å²) >= 11 is 0. The van der Waals surface area contributed by atoms with Gasteiger partial charge in [0.25, 0.3) is 0 Å². The van der Waals surface area contributed by atoms with Gasteiger partial charge in [-0.3, -0.25) is 9.88 Å². The molecule has 1 aliphatic heterocycles. The van der Waals surface area contributed by atoms with Crippen LogP contribution < -0.4 is 0 Å². The van der Waals surface area contributed by atoms with Crippen LogP contribution >= 0.6 is 0 Å². The molecule has 2 heterocycles. The Morgan fingerprint density at radius 2 is 1.79 bits per heavy atom. The molecule has 0 saturated carbocycles. The van der Waals surface area contributed by atoms with Crippen LogP contribution in [-0.2, 0) is 14.3 Å². The molecule has 0 radical (unpaired) electrons. The second-order valence-corrected chi connectivity index (χ2v) is 8.20. The van der Waals surface area contributed by atoms with Crippen LogP contribution in [-0.4, -0.2) is 46.6 Å². The van der Waals surface area contributed by atoms with Gasteiger partial charge in [0.2, 0.25) is 6.10 Å². The highest BCUT2D eigenvalue weighted by atomic mass is 16.6. The molecule has 0 amide bonds. The van der Waals surface area contributed by atoms with Gasteiger partial charge >= 0.3 is 11.9 Å². The summed E-state index contributed by atoms with van der Waals surface area (Å²) in [6.45, 7) is 6.41. The SMILES string of the molecule is CC1CC(OC(=O)C(OC(=O)c2ccncc2)c2ccccc2)CC(C)(C)N1C. The fourth-order valence-corrected chi connectivity index (χ4v) is 3.78. The number of esters is 2. The van der Waals surface area contributed by atoms with E-state index in [1.165, 1.54) is 12.4 Å². The predicted octanol–water partition coefficient (Wildman–Crippen LogP) is 3.78. The Morgan fingerprint density at radius 3 is 2.41 bits per heavy atom. The highest BCUT2D eigenvalue weighted by Crippen LogP contribution is 2.33. The van der Waals surface area contributed by atoms with Crippen LogP contribution in [0.3, 0.4) is 0 Å². The molecule has 1 saturated heterocycles. The minimum atomic E-state index is -1.12. The topological polar surface area (TPSA) is 68.7 Å². The number of aromatic nitrogens is 1. The molecule has 0 spiro atoms. The Bertz CT molecular complexity index is 838. The fourth-order valence-electron chi connectivity index (χ4n) is 3.78. The van der Waals surface area contributed by atoms with Crippen molar-refractivity contribution >= 4 is 11.9 Å². The first kappa shape index (κ1) is 21.0. The number of carbonyl (C=O) groups is 2.